The van der Waals surface area contributed by atoms with Crippen molar-refractivity contribution in [2.45, 2.75) is 13.0 Å². The first-order valence-electron chi connectivity index (χ1n) is 3.01. The highest BCUT2D eigenvalue weighted by atomic mass is 16.4. The first kappa shape index (κ1) is 9.74. The first-order chi connectivity index (χ1) is 5.09. The number of hydrogen-bond donors (Lipinski definition) is 2. The molecule has 0 heterocycles. The summed E-state index contributed by atoms with van der Waals surface area (Å²) in [6.45, 7) is 1.14. The highest BCUT2D eigenvalue weighted by Crippen LogP contribution is 2.02. The second kappa shape index (κ2) is 4.54. The molecule has 0 aliphatic heterocycles. The molecule has 0 rings (SSSR count). The van der Waals surface area contributed by atoms with Gasteiger partial charge in [-0.25, -0.2) is 0 Å². The number of aliphatic hydroxyl groups excluding tert-OH is 1. The topological polar surface area (TPSA) is 106 Å². The molecule has 0 saturated carbocycles. The molecule has 0 radical (unpaired) electrons. The molecule has 0 aromatic rings. The second-order valence-corrected chi connectivity index (χ2v) is 2.11. The van der Waals surface area contributed by atoms with Gasteiger partial charge in [-0.3, -0.25) is 4.79 Å². The fourth-order valence-corrected chi connectivity index (χ4v) is 0.443. The standard InChI is InChI=1S/C5H9N3O3/c1-3(5(10)11)4(9)2-7-8-6/h3-4,9H,2H2,1H3,(H,10,11)/t3-,4+/m0/s1. The maximum absolute atomic E-state index is 10.2. The summed E-state index contributed by atoms with van der Waals surface area (Å²) in [5.41, 5.74) is 7.84. The average molecular weight is 159 g/mol. The van der Waals surface area contributed by atoms with Crippen LogP contribution in [0.1, 0.15) is 6.92 Å². The third kappa shape index (κ3) is 3.44. The van der Waals surface area contributed by atoms with Gasteiger partial charge in [0.25, 0.3) is 0 Å². The Morgan fingerprint density at radius 3 is 2.73 bits per heavy atom. The zero-order valence-corrected chi connectivity index (χ0v) is 6.01. The average Bonchev–Trinajstić information content (AvgIpc) is 1.98. The molecule has 6 heteroatoms. The largest absolute Gasteiger partial charge is 0.481 e. The molecule has 0 aromatic heterocycles. The highest BCUT2D eigenvalue weighted by molar-refractivity contribution is 5.70. The molecule has 0 spiro atoms. The van der Waals surface area contributed by atoms with Gasteiger partial charge in [-0.05, 0) is 12.5 Å². The maximum atomic E-state index is 10.2. The van der Waals surface area contributed by atoms with Crippen molar-refractivity contribution >= 4 is 5.97 Å². The van der Waals surface area contributed by atoms with Gasteiger partial charge in [0.1, 0.15) is 0 Å². The first-order valence-corrected chi connectivity index (χ1v) is 3.01. The van der Waals surface area contributed by atoms with Crippen molar-refractivity contribution in [1.29, 1.82) is 0 Å². The Bertz CT molecular complexity index is 187. The predicted molar refractivity (Wildman–Crippen MR) is 36.8 cm³/mol. The monoisotopic (exact) mass is 159 g/mol. The van der Waals surface area contributed by atoms with Gasteiger partial charge in [-0.15, -0.1) is 0 Å². The van der Waals surface area contributed by atoms with Gasteiger partial charge in [-0.2, -0.15) is 0 Å². The lowest BCUT2D eigenvalue weighted by Crippen LogP contribution is -2.27. The zero-order valence-electron chi connectivity index (χ0n) is 6.01. The summed E-state index contributed by atoms with van der Waals surface area (Å²) in [6, 6.07) is 0. The fraction of sp³-hybridized carbons (Fsp3) is 0.800. The van der Waals surface area contributed by atoms with Crippen molar-refractivity contribution in [3.05, 3.63) is 10.4 Å². The van der Waals surface area contributed by atoms with E-state index in [0.29, 0.717) is 0 Å². The minimum Gasteiger partial charge on any atom is -0.481 e. The van der Waals surface area contributed by atoms with Crippen LogP contribution in [0.4, 0.5) is 0 Å². The van der Waals surface area contributed by atoms with Crippen LogP contribution in [-0.4, -0.2) is 28.8 Å². The molecule has 0 bridgehead atoms. The number of carboxylic acid groups (broad SMARTS) is 1. The number of rotatable bonds is 4. The minimum atomic E-state index is -1.11. The van der Waals surface area contributed by atoms with Crippen LogP contribution in [0.15, 0.2) is 5.11 Å². The van der Waals surface area contributed by atoms with E-state index in [0.717, 1.165) is 0 Å². The van der Waals surface area contributed by atoms with E-state index in [-0.39, 0.29) is 6.54 Å². The number of carboxylic acids is 1. The molecular weight excluding hydrogens is 150 g/mol. The Kier molecular flexibility index (Phi) is 4.02. The Hall–Kier alpha value is -1.26. The van der Waals surface area contributed by atoms with Crippen LogP contribution in [0, 0.1) is 5.92 Å². The number of azide groups is 1. The number of nitrogens with zero attached hydrogens (tertiary/aromatic N) is 3. The van der Waals surface area contributed by atoms with E-state index in [1.807, 2.05) is 0 Å². The number of aliphatic hydroxyl groups is 1. The van der Waals surface area contributed by atoms with E-state index in [4.69, 9.17) is 15.7 Å². The number of hydrogen-bond acceptors (Lipinski definition) is 3. The molecule has 0 saturated heterocycles. The summed E-state index contributed by atoms with van der Waals surface area (Å²) < 4.78 is 0. The molecule has 0 fully saturated rings. The van der Waals surface area contributed by atoms with Crippen LogP contribution in [0.3, 0.4) is 0 Å². The van der Waals surface area contributed by atoms with Gasteiger partial charge in [-0.1, -0.05) is 5.11 Å². The Morgan fingerprint density at radius 2 is 2.36 bits per heavy atom. The minimum absolute atomic E-state index is 0.204. The number of carbonyl (C=O) groups is 1. The highest BCUT2D eigenvalue weighted by Gasteiger charge is 2.19. The van der Waals surface area contributed by atoms with Crippen molar-refractivity contribution in [2.75, 3.05) is 6.54 Å². The van der Waals surface area contributed by atoms with Crippen LogP contribution < -0.4 is 0 Å². The molecule has 2 atom stereocenters. The SMILES string of the molecule is C[C@H](C(=O)O)[C@H](O)CN=[N+]=[N-]. The molecule has 62 valence electrons. The third-order valence-electron chi connectivity index (χ3n) is 1.30. The maximum Gasteiger partial charge on any atom is 0.308 e. The third-order valence-corrected chi connectivity index (χ3v) is 1.30. The predicted octanol–water partition coefficient (Wildman–Crippen LogP) is 0.378. The van der Waals surface area contributed by atoms with Gasteiger partial charge in [0.15, 0.2) is 0 Å². The Labute approximate surface area is 63.1 Å². The fourth-order valence-electron chi connectivity index (χ4n) is 0.443. The van der Waals surface area contributed by atoms with Crippen LogP contribution in [0.2, 0.25) is 0 Å². The Morgan fingerprint density at radius 1 is 1.82 bits per heavy atom. The van der Waals surface area contributed by atoms with Crippen molar-refractivity contribution in [3.8, 4) is 0 Å². The lowest BCUT2D eigenvalue weighted by Gasteiger charge is -2.10. The van der Waals surface area contributed by atoms with E-state index >= 15 is 0 Å². The van der Waals surface area contributed by atoms with Crippen LogP contribution in [0.25, 0.3) is 10.4 Å². The summed E-state index contributed by atoms with van der Waals surface area (Å²) in [4.78, 5) is 12.6. The van der Waals surface area contributed by atoms with Crippen LogP contribution in [-0.2, 0) is 4.79 Å². The second-order valence-electron chi connectivity index (χ2n) is 2.11. The summed E-state index contributed by atoms with van der Waals surface area (Å²) >= 11 is 0. The van der Waals surface area contributed by atoms with Crippen LogP contribution >= 0.6 is 0 Å². The molecule has 0 unspecified atom stereocenters. The van der Waals surface area contributed by atoms with E-state index in [2.05, 4.69) is 10.0 Å². The van der Waals surface area contributed by atoms with Gasteiger partial charge < -0.3 is 10.2 Å². The lowest BCUT2D eigenvalue weighted by molar-refractivity contribution is -0.144. The molecule has 11 heavy (non-hydrogen) atoms. The van der Waals surface area contributed by atoms with Gasteiger partial charge in [0, 0.05) is 4.91 Å². The molecular formula is C5H9N3O3. The molecule has 0 amide bonds. The molecule has 2 N–H and O–H groups in total. The Balaban J connectivity index is 3.91. The van der Waals surface area contributed by atoms with Gasteiger partial charge in [0.05, 0.1) is 18.6 Å². The quantitative estimate of drug-likeness (QED) is 0.351. The van der Waals surface area contributed by atoms with Gasteiger partial charge >= 0.3 is 5.97 Å². The summed E-state index contributed by atoms with van der Waals surface area (Å²) in [5.74, 6) is -2.01. The molecule has 6 nitrogen and oxygen atoms in total. The molecule has 0 aromatic carbocycles. The summed E-state index contributed by atoms with van der Waals surface area (Å²) in [7, 11) is 0. The summed E-state index contributed by atoms with van der Waals surface area (Å²) in [5, 5.41) is 20.4. The molecule has 0 aliphatic rings. The van der Waals surface area contributed by atoms with Crippen LogP contribution in [0.5, 0.6) is 0 Å². The van der Waals surface area contributed by atoms with E-state index in [1.54, 1.807) is 0 Å². The van der Waals surface area contributed by atoms with Crippen molar-refractivity contribution < 1.29 is 15.0 Å². The molecule has 0 aliphatic carbocycles. The van der Waals surface area contributed by atoms with Crippen molar-refractivity contribution in [1.82, 2.24) is 0 Å². The zero-order chi connectivity index (χ0) is 8.85. The van der Waals surface area contributed by atoms with E-state index in [1.165, 1.54) is 6.92 Å². The lowest BCUT2D eigenvalue weighted by atomic mass is 10.1. The van der Waals surface area contributed by atoms with E-state index in [9.17, 15) is 4.79 Å². The van der Waals surface area contributed by atoms with Crippen molar-refractivity contribution in [2.24, 2.45) is 11.0 Å². The smallest absolute Gasteiger partial charge is 0.308 e. The number of aliphatic carboxylic acids is 1. The van der Waals surface area contributed by atoms with E-state index < -0.39 is 18.0 Å². The normalized spacial score (nSPS) is 14.7. The van der Waals surface area contributed by atoms with Gasteiger partial charge in [0.2, 0.25) is 0 Å². The summed E-state index contributed by atoms with van der Waals surface area (Å²) in [6.07, 6.45) is -1.11. The van der Waals surface area contributed by atoms with Crippen molar-refractivity contribution in [3.63, 3.8) is 0 Å².